The van der Waals surface area contributed by atoms with Crippen LogP contribution in [0.25, 0.3) is 5.69 Å². The lowest BCUT2D eigenvalue weighted by Crippen LogP contribution is -2.12. The number of aromatic amines is 1. The molecule has 0 radical (unpaired) electrons. The Labute approximate surface area is 145 Å². The van der Waals surface area contributed by atoms with Crippen molar-refractivity contribution >= 4 is 15.8 Å². The molecule has 0 fully saturated rings. The highest BCUT2D eigenvalue weighted by Gasteiger charge is 2.24. The SMILES string of the molecule is COC(=O)c1cc(S(=O)(=O)Cc2nnnn2-c2cccc(F)c2F)c[nH]1. The molecule has 1 N–H and O–H groups in total. The number of sulfone groups is 1. The molecule has 12 heteroatoms. The van der Waals surface area contributed by atoms with Gasteiger partial charge >= 0.3 is 5.97 Å². The fraction of sp³-hybridized carbons (Fsp3) is 0.143. The van der Waals surface area contributed by atoms with Crippen molar-refractivity contribution in [3.63, 3.8) is 0 Å². The van der Waals surface area contributed by atoms with Crippen LogP contribution in [0.15, 0.2) is 35.4 Å². The van der Waals surface area contributed by atoms with Gasteiger partial charge in [-0.3, -0.25) is 0 Å². The van der Waals surface area contributed by atoms with Crippen molar-refractivity contribution in [3.8, 4) is 5.69 Å². The van der Waals surface area contributed by atoms with Crippen LogP contribution in [0.4, 0.5) is 8.78 Å². The zero-order valence-electron chi connectivity index (χ0n) is 13.2. The Morgan fingerprint density at radius 2 is 2.12 bits per heavy atom. The Bertz CT molecular complexity index is 1080. The molecule has 3 rings (SSSR count). The summed E-state index contributed by atoms with van der Waals surface area (Å²) in [7, 11) is -2.82. The van der Waals surface area contributed by atoms with Crippen LogP contribution in [0.3, 0.4) is 0 Å². The fourth-order valence-corrected chi connectivity index (χ4v) is 3.40. The van der Waals surface area contributed by atoms with Gasteiger partial charge in [-0.15, -0.1) is 5.10 Å². The number of nitrogens with zero attached hydrogens (tertiary/aromatic N) is 4. The quantitative estimate of drug-likeness (QED) is 0.653. The first-order valence-corrected chi connectivity index (χ1v) is 8.70. The van der Waals surface area contributed by atoms with Gasteiger partial charge in [0.05, 0.1) is 12.0 Å². The van der Waals surface area contributed by atoms with E-state index in [0.29, 0.717) is 0 Å². The molecule has 2 heterocycles. The highest BCUT2D eigenvalue weighted by molar-refractivity contribution is 7.90. The minimum absolute atomic E-state index is 0.0539. The summed E-state index contributed by atoms with van der Waals surface area (Å²) in [5.74, 6) is -4.00. The maximum absolute atomic E-state index is 13.9. The van der Waals surface area contributed by atoms with Gasteiger partial charge in [0.2, 0.25) is 0 Å². The molecule has 0 amide bonds. The molecule has 0 bridgehead atoms. The number of nitrogens with one attached hydrogen (secondary N) is 1. The first kappa shape index (κ1) is 17.7. The normalized spacial score (nSPS) is 11.5. The molecule has 0 spiro atoms. The van der Waals surface area contributed by atoms with Gasteiger partial charge in [0, 0.05) is 6.20 Å². The fourth-order valence-electron chi connectivity index (χ4n) is 2.17. The second-order valence-electron chi connectivity index (χ2n) is 5.08. The van der Waals surface area contributed by atoms with Gasteiger partial charge < -0.3 is 9.72 Å². The van der Waals surface area contributed by atoms with Crippen molar-refractivity contribution in [2.75, 3.05) is 7.11 Å². The number of H-pyrrole nitrogens is 1. The number of hydrogen-bond donors (Lipinski definition) is 1. The summed E-state index contributed by atoms with van der Waals surface area (Å²) in [5.41, 5.74) is -0.383. The Kier molecular flexibility index (Phi) is 4.50. The molecule has 0 aliphatic carbocycles. The number of rotatable bonds is 5. The van der Waals surface area contributed by atoms with Crippen molar-refractivity contribution in [1.82, 2.24) is 25.2 Å². The number of esters is 1. The summed E-state index contributed by atoms with van der Waals surface area (Å²) < 4.78 is 57.6. The molecule has 3 aromatic rings. The maximum atomic E-state index is 13.9. The zero-order chi connectivity index (χ0) is 18.9. The smallest absolute Gasteiger partial charge is 0.354 e. The molecule has 0 atom stereocenters. The van der Waals surface area contributed by atoms with Gasteiger partial charge in [-0.05, 0) is 28.6 Å². The van der Waals surface area contributed by atoms with Crippen LogP contribution in [0, 0.1) is 11.6 Å². The third-order valence-corrected chi connectivity index (χ3v) is 5.03. The predicted octanol–water partition coefficient (Wildman–Crippen LogP) is 1.03. The van der Waals surface area contributed by atoms with Crippen molar-refractivity contribution in [1.29, 1.82) is 0 Å². The number of methoxy groups -OCH3 is 1. The van der Waals surface area contributed by atoms with E-state index < -0.39 is 33.2 Å². The maximum Gasteiger partial charge on any atom is 0.354 e. The van der Waals surface area contributed by atoms with E-state index in [1.165, 1.54) is 12.1 Å². The van der Waals surface area contributed by atoms with Crippen molar-refractivity contribution in [3.05, 3.63) is 53.6 Å². The Balaban J connectivity index is 1.95. The molecule has 9 nitrogen and oxygen atoms in total. The minimum atomic E-state index is -3.98. The van der Waals surface area contributed by atoms with Crippen LogP contribution in [-0.2, 0) is 20.3 Å². The van der Waals surface area contributed by atoms with Crippen LogP contribution < -0.4 is 0 Å². The predicted molar refractivity (Wildman–Crippen MR) is 82.1 cm³/mol. The summed E-state index contributed by atoms with van der Waals surface area (Å²) in [6.07, 6.45) is 1.11. The molecule has 0 aliphatic rings. The summed E-state index contributed by atoms with van der Waals surface area (Å²) >= 11 is 0. The second kappa shape index (κ2) is 6.63. The molecule has 0 aliphatic heterocycles. The molecular weight excluding hydrogens is 372 g/mol. The number of ether oxygens (including phenoxy) is 1. The van der Waals surface area contributed by atoms with Crippen molar-refractivity contribution < 1.29 is 26.7 Å². The minimum Gasteiger partial charge on any atom is -0.464 e. The molecule has 0 unspecified atom stereocenters. The molecule has 1 aromatic carbocycles. The average molecular weight is 383 g/mol. The second-order valence-corrected chi connectivity index (χ2v) is 7.07. The van der Waals surface area contributed by atoms with E-state index in [0.717, 1.165) is 30.1 Å². The number of halogens is 2. The van der Waals surface area contributed by atoms with Gasteiger partial charge in [0.15, 0.2) is 27.3 Å². The third kappa shape index (κ3) is 3.18. The summed E-state index contributed by atoms with van der Waals surface area (Å²) in [6.45, 7) is 0. The standard InChI is InChI=1S/C14H11F2N5O4S/c1-25-14(22)10-5-8(6-17-10)26(23,24)7-12-18-19-20-21(12)11-4-2-3-9(15)13(11)16/h2-6,17H,7H2,1H3. The topological polar surface area (TPSA) is 120 Å². The van der Waals surface area contributed by atoms with Gasteiger partial charge in [-0.2, -0.15) is 4.68 Å². The lowest BCUT2D eigenvalue weighted by atomic mass is 10.3. The highest BCUT2D eigenvalue weighted by Crippen LogP contribution is 2.20. The van der Waals surface area contributed by atoms with Gasteiger partial charge in [0.1, 0.15) is 17.1 Å². The molecule has 0 saturated heterocycles. The van der Waals surface area contributed by atoms with Crippen LogP contribution in [0.1, 0.15) is 16.3 Å². The van der Waals surface area contributed by atoms with Crippen LogP contribution in [-0.4, -0.2) is 46.7 Å². The van der Waals surface area contributed by atoms with Gasteiger partial charge in [-0.1, -0.05) is 6.07 Å². The Morgan fingerprint density at radius 3 is 2.85 bits per heavy atom. The summed E-state index contributed by atoms with van der Waals surface area (Å²) in [4.78, 5) is 13.7. The average Bonchev–Trinajstić information content (AvgIpc) is 3.26. The van der Waals surface area contributed by atoms with Crippen LogP contribution in [0.5, 0.6) is 0 Å². The zero-order valence-corrected chi connectivity index (χ0v) is 14.0. The third-order valence-electron chi connectivity index (χ3n) is 3.43. The van der Waals surface area contributed by atoms with E-state index in [1.54, 1.807) is 0 Å². The number of carbonyl (C=O) groups excluding carboxylic acids is 1. The molecule has 26 heavy (non-hydrogen) atoms. The van der Waals surface area contributed by atoms with E-state index in [-0.39, 0.29) is 22.1 Å². The number of tetrazole rings is 1. The molecule has 136 valence electrons. The lowest BCUT2D eigenvalue weighted by molar-refractivity contribution is 0.0594. The van der Waals surface area contributed by atoms with E-state index in [2.05, 4.69) is 25.2 Å². The van der Waals surface area contributed by atoms with Gasteiger partial charge in [-0.25, -0.2) is 22.0 Å². The first-order valence-electron chi connectivity index (χ1n) is 7.04. The molecular formula is C14H11F2N5O4S. The summed E-state index contributed by atoms with van der Waals surface area (Å²) in [5, 5.41) is 10.4. The Hall–Kier alpha value is -3.15. The Morgan fingerprint density at radius 1 is 1.35 bits per heavy atom. The molecule has 0 saturated carbocycles. The van der Waals surface area contributed by atoms with Crippen molar-refractivity contribution in [2.24, 2.45) is 0 Å². The monoisotopic (exact) mass is 383 g/mol. The largest absolute Gasteiger partial charge is 0.464 e. The van der Waals surface area contributed by atoms with Crippen LogP contribution >= 0.6 is 0 Å². The van der Waals surface area contributed by atoms with Gasteiger partial charge in [0.25, 0.3) is 0 Å². The van der Waals surface area contributed by atoms with E-state index in [1.807, 2.05) is 0 Å². The molecule has 2 aromatic heterocycles. The summed E-state index contributed by atoms with van der Waals surface area (Å²) in [6, 6.07) is 4.45. The highest BCUT2D eigenvalue weighted by atomic mass is 32.2. The number of aromatic nitrogens is 5. The van der Waals surface area contributed by atoms with E-state index in [9.17, 15) is 22.0 Å². The lowest BCUT2D eigenvalue weighted by Gasteiger charge is -2.06. The van der Waals surface area contributed by atoms with Crippen LogP contribution in [0.2, 0.25) is 0 Å². The number of hydrogen-bond acceptors (Lipinski definition) is 7. The van der Waals surface area contributed by atoms with Crippen molar-refractivity contribution in [2.45, 2.75) is 10.6 Å². The number of benzene rings is 1. The first-order chi connectivity index (χ1) is 12.3. The van der Waals surface area contributed by atoms with E-state index >= 15 is 0 Å². The number of carbonyl (C=O) groups is 1. The van der Waals surface area contributed by atoms with E-state index in [4.69, 9.17) is 0 Å².